The first-order chi connectivity index (χ1) is 15.4. The van der Waals surface area contributed by atoms with Gasteiger partial charge in [-0.2, -0.15) is 0 Å². The number of methoxy groups -OCH3 is 1. The Hall–Kier alpha value is -2.97. The van der Waals surface area contributed by atoms with Crippen molar-refractivity contribution in [2.24, 2.45) is 0 Å². The molecular weight excluding hydrogens is 448 g/mol. The number of nitrogens with one attached hydrogen (secondary N) is 1. The van der Waals surface area contributed by atoms with E-state index in [2.05, 4.69) is 22.1 Å². The molecule has 168 valence electrons. The Morgan fingerprint density at radius 1 is 1.28 bits per heavy atom. The van der Waals surface area contributed by atoms with Crippen LogP contribution in [-0.2, 0) is 11.3 Å². The maximum atomic E-state index is 12.5. The van der Waals surface area contributed by atoms with Crippen molar-refractivity contribution in [3.63, 3.8) is 0 Å². The molecule has 0 radical (unpaired) electrons. The van der Waals surface area contributed by atoms with Crippen LogP contribution in [0.2, 0.25) is 5.02 Å². The van der Waals surface area contributed by atoms with Gasteiger partial charge in [0.2, 0.25) is 5.91 Å². The van der Waals surface area contributed by atoms with E-state index in [9.17, 15) is 4.79 Å². The molecule has 0 aliphatic rings. The van der Waals surface area contributed by atoms with Gasteiger partial charge in [-0.1, -0.05) is 41.6 Å². The summed E-state index contributed by atoms with van der Waals surface area (Å²) in [5, 5.41) is 12.7. The summed E-state index contributed by atoms with van der Waals surface area (Å²) in [7, 11) is 1.61. The van der Waals surface area contributed by atoms with Gasteiger partial charge in [0.15, 0.2) is 17.1 Å². The Bertz CT molecular complexity index is 1100. The number of halogens is 1. The molecule has 1 amide bonds. The van der Waals surface area contributed by atoms with Gasteiger partial charge in [-0.05, 0) is 43.7 Å². The van der Waals surface area contributed by atoms with Crippen LogP contribution in [0.15, 0.2) is 60.3 Å². The van der Waals surface area contributed by atoms with Crippen molar-refractivity contribution >= 4 is 35.0 Å². The van der Waals surface area contributed by atoms with Crippen molar-refractivity contribution in [3.05, 3.63) is 71.5 Å². The molecule has 1 aromatic heterocycles. The normalized spacial score (nSPS) is 11.6. The largest absolute Gasteiger partial charge is 0.497 e. The van der Waals surface area contributed by atoms with Gasteiger partial charge in [0.1, 0.15) is 11.5 Å². The Morgan fingerprint density at radius 2 is 2.03 bits per heavy atom. The van der Waals surface area contributed by atoms with Gasteiger partial charge >= 0.3 is 0 Å². The second-order valence-electron chi connectivity index (χ2n) is 6.93. The van der Waals surface area contributed by atoms with Crippen molar-refractivity contribution < 1.29 is 14.3 Å². The summed E-state index contributed by atoms with van der Waals surface area (Å²) >= 11 is 7.42. The minimum atomic E-state index is -0.369. The number of ether oxygens (including phenoxy) is 2. The zero-order valence-corrected chi connectivity index (χ0v) is 19.7. The smallest absolute Gasteiger partial charge is 0.234 e. The predicted octanol–water partition coefficient (Wildman–Crippen LogP) is 5.31. The second kappa shape index (κ2) is 11.1. The molecule has 0 saturated carbocycles. The van der Waals surface area contributed by atoms with Crippen LogP contribution in [0.1, 0.15) is 24.4 Å². The first-order valence-electron chi connectivity index (χ1n) is 9.95. The lowest BCUT2D eigenvalue weighted by molar-refractivity contribution is -0.113. The van der Waals surface area contributed by atoms with E-state index in [0.29, 0.717) is 39.7 Å². The number of benzene rings is 2. The van der Waals surface area contributed by atoms with Crippen LogP contribution in [0.4, 0.5) is 5.69 Å². The van der Waals surface area contributed by atoms with Crippen LogP contribution in [0.5, 0.6) is 11.5 Å². The van der Waals surface area contributed by atoms with Crippen LogP contribution < -0.4 is 14.8 Å². The quantitative estimate of drug-likeness (QED) is 0.318. The summed E-state index contributed by atoms with van der Waals surface area (Å²) in [6, 6.07) is 12.8. The van der Waals surface area contributed by atoms with Crippen molar-refractivity contribution in [2.75, 3.05) is 18.2 Å². The maximum Gasteiger partial charge on any atom is 0.234 e. The number of hydrogen-bond acceptors (Lipinski definition) is 6. The zero-order valence-electron chi connectivity index (χ0n) is 18.2. The third-order valence-corrected chi connectivity index (χ3v) is 6.03. The van der Waals surface area contributed by atoms with Crippen LogP contribution in [-0.4, -0.2) is 33.5 Å². The summed E-state index contributed by atoms with van der Waals surface area (Å²) < 4.78 is 13.2. The van der Waals surface area contributed by atoms with Gasteiger partial charge in [-0.15, -0.1) is 16.8 Å². The lowest BCUT2D eigenvalue weighted by Gasteiger charge is -2.16. The first-order valence-corrected chi connectivity index (χ1v) is 11.3. The molecule has 1 atom stereocenters. The molecule has 0 spiro atoms. The number of amides is 1. The number of thioether (sulfide) groups is 1. The van der Waals surface area contributed by atoms with Gasteiger partial charge in [-0.3, -0.25) is 9.36 Å². The highest BCUT2D eigenvalue weighted by Gasteiger charge is 2.20. The topological polar surface area (TPSA) is 78.3 Å². The van der Waals surface area contributed by atoms with Crippen molar-refractivity contribution in [3.8, 4) is 11.5 Å². The van der Waals surface area contributed by atoms with Gasteiger partial charge in [0.05, 0.1) is 12.9 Å². The lowest BCUT2D eigenvalue weighted by atomic mass is 10.2. The molecule has 0 saturated heterocycles. The van der Waals surface area contributed by atoms with E-state index in [0.717, 1.165) is 5.56 Å². The minimum Gasteiger partial charge on any atom is -0.497 e. The van der Waals surface area contributed by atoms with Crippen molar-refractivity contribution in [2.45, 2.75) is 31.7 Å². The zero-order chi connectivity index (χ0) is 23.1. The summed E-state index contributed by atoms with van der Waals surface area (Å²) in [6.07, 6.45) is 1.39. The minimum absolute atomic E-state index is 0.157. The predicted molar refractivity (Wildman–Crippen MR) is 128 cm³/mol. The Labute approximate surface area is 196 Å². The molecule has 3 aromatic rings. The molecule has 0 fully saturated rings. The molecule has 32 heavy (non-hydrogen) atoms. The Morgan fingerprint density at radius 3 is 2.78 bits per heavy atom. The van der Waals surface area contributed by atoms with E-state index in [1.54, 1.807) is 25.3 Å². The van der Waals surface area contributed by atoms with E-state index in [1.807, 2.05) is 48.7 Å². The number of allylic oxidation sites excluding steroid dienone is 1. The third-order valence-electron chi connectivity index (χ3n) is 4.65. The van der Waals surface area contributed by atoms with Gasteiger partial charge in [0, 0.05) is 23.3 Å². The van der Waals surface area contributed by atoms with Crippen LogP contribution in [0, 0.1) is 6.92 Å². The van der Waals surface area contributed by atoms with E-state index in [4.69, 9.17) is 21.1 Å². The molecule has 9 heteroatoms. The number of hydrogen-bond donors (Lipinski definition) is 1. The number of nitrogens with zero attached hydrogens (tertiary/aromatic N) is 3. The summed E-state index contributed by atoms with van der Waals surface area (Å²) in [5.74, 6) is 2.03. The fraction of sp³-hybridized carbons (Fsp3) is 0.261. The fourth-order valence-corrected chi connectivity index (χ4v) is 3.93. The molecule has 3 rings (SSSR count). The van der Waals surface area contributed by atoms with E-state index in [1.165, 1.54) is 11.8 Å². The summed E-state index contributed by atoms with van der Waals surface area (Å²) in [6.45, 7) is 8.07. The van der Waals surface area contributed by atoms with E-state index in [-0.39, 0.29) is 17.8 Å². The molecule has 2 aromatic carbocycles. The highest BCUT2D eigenvalue weighted by atomic mass is 35.5. The SMILES string of the molecule is C=CCn1c(SCC(=O)Nc2cccc(Cl)c2C)nnc1C(C)Oc1cccc(OC)c1. The Kier molecular flexibility index (Phi) is 8.19. The molecule has 7 nitrogen and oxygen atoms in total. The molecular formula is C23H25ClN4O3S. The van der Waals surface area contributed by atoms with Crippen LogP contribution >= 0.6 is 23.4 Å². The average molecular weight is 473 g/mol. The lowest BCUT2D eigenvalue weighted by Crippen LogP contribution is -2.16. The molecule has 1 heterocycles. The number of carbonyl (C=O) groups is 1. The van der Waals surface area contributed by atoms with Gasteiger partial charge in [-0.25, -0.2) is 0 Å². The van der Waals surface area contributed by atoms with Crippen LogP contribution in [0.3, 0.4) is 0 Å². The Balaban J connectivity index is 1.69. The second-order valence-corrected chi connectivity index (χ2v) is 8.28. The van der Waals surface area contributed by atoms with E-state index < -0.39 is 0 Å². The summed E-state index contributed by atoms with van der Waals surface area (Å²) in [5.41, 5.74) is 1.52. The van der Waals surface area contributed by atoms with Crippen molar-refractivity contribution in [1.82, 2.24) is 14.8 Å². The van der Waals surface area contributed by atoms with Gasteiger partial charge < -0.3 is 14.8 Å². The number of rotatable bonds is 10. The van der Waals surface area contributed by atoms with Crippen molar-refractivity contribution in [1.29, 1.82) is 0 Å². The maximum absolute atomic E-state index is 12.5. The number of aromatic nitrogens is 3. The number of carbonyl (C=O) groups excluding carboxylic acids is 1. The fourth-order valence-electron chi connectivity index (χ4n) is 3.00. The third kappa shape index (κ3) is 5.83. The van der Waals surface area contributed by atoms with Crippen LogP contribution in [0.25, 0.3) is 0 Å². The molecule has 0 aliphatic heterocycles. The number of anilines is 1. The summed E-state index contributed by atoms with van der Waals surface area (Å²) in [4.78, 5) is 12.5. The molecule has 1 N–H and O–H groups in total. The van der Waals surface area contributed by atoms with Gasteiger partial charge in [0.25, 0.3) is 0 Å². The van der Waals surface area contributed by atoms with E-state index >= 15 is 0 Å². The highest BCUT2D eigenvalue weighted by Crippen LogP contribution is 2.27. The molecule has 1 unspecified atom stereocenters. The molecule has 0 bridgehead atoms. The highest BCUT2D eigenvalue weighted by molar-refractivity contribution is 7.99. The average Bonchev–Trinajstić information content (AvgIpc) is 3.18. The standard InChI is InChI=1S/C23H25ClN4O3S/c1-5-12-28-22(16(3)31-18-9-6-8-17(13-18)30-4)26-27-23(28)32-14-21(29)25-20-11-7-10-19(24)15(20)2/h5-11,13,16H,1,12,14H2,2-4H3,(H,25,29). The monoisotopic (exact) mass is 472 g/mol. The molecule has 0 aliphatic carbocycles. The first kappa shape index (κ1) is 23.7.